The summed E-state index contributed by atoms with van der Waals surface area (Å²) in [5, 5.41) is 0. The van der Waals surface area contributed by atoms with Gasteiger partial charge in [-0.2, -0.15) is 0 Å². The van der Waals surface area contributed by atoms with Crippen LogP contribution in [-0.4, -0.2) is 48.0 Å². The number of benzene rings is 1. The molecule has 5 heteroatoms. The van der Waals surface area contributed by atoms with Gasteiger partial charge in [0.15, 0.2) is 0 Å². The predicted octanol–water partition coefficient (Wildman–Crippen LogP) is 2.97. The normalized spacial score (nSPS) is 20.7. The molecular formula is C19H24N2O3. The Morgan fingerprint density at radius 1 is 1.21 bits per heavy atom. The maximum Gasteiger partial charge on any atom is 0.416 e. The van der Waals surface area contributed by atoms with E-state index in [2.05, 4.69) is 11.0 Å². The highest BCUT2D eigenvalue weighted by Gasteiger charge is 2.31. The highest BCUT2D eigenvalue weighted by atomic mass is 16.5. The molecule has 128 valence electrons. The van der Waals surface area contributed by atoms with E-state index < -0.39 is 6.09 Å². The maximum absolute atomic E-state index is 12.9. The molecule has 0 aliphatic carbocycles. The molecule has 24 heavy (non-hydrogen) atoms. The molecule has 0 spiro atoms. The molecule has 3 rings (SSSR count). The summed E-state index contributed by atoms with van der Waals surface area (Å²) < 4.78 is 4.83. The van der Waals surface area contributed by atoms with Gasteiger partial charge in [0.2, 0.25) is 0 Å². The van der Waals surface area contributed by atoms with Gasteiger partial charge in [-0.15, -0.1) is 0 Å². The summed E-state index contributed by atoms with van der Waals surface area (Å²) in [6.07, 6.45) is 5.67. The van der Waals surface area contributed by atoms with Crippen LogP contribution in [0.1, 0.15) is 31.2 Å². The predicted molar refractivity (Wildman–Crippen MR) is 91.3 cm³/mol. The number of hydrogen-bond donors (Lipinski definition) is 0. The van der Waals surface area contributed by atoms with Gasteiger partial charge in [0.25, 0.3) is 5.91 Å². The first-order chi connectivity index (χ1) is 11.7. The molecule has 2 aliphatic rings. The van der Waals surface area contributed by atoms with Crippen LogP contribution < -0.4 is 0 Å². The number of carbonyl (C=O) groups is 2. The summed E-state index contributed by atoms with van der Waals surface area (Å²) in [4.78, 5) is 28.7. The van der Waals surface area contributed by atoms with Crippen molar-refractivity contribution in [2.75, 3.05) is 20.2 Å². The van der Waals surface area contributed by atoms with Crippen LogP contribution in [0, 0.1) is 0 Å². The molecule has 1 fully saturated rings. The van der Waals surface area contributed by atoms with E-state index in [1.807, 2.05) is 30.3 Å². The summed E-state index contributed by atoms with van der Waals surface area (Å²) in [6, 6.07) is 9.85. The standard InChI is InChI=1S/C19H24N2O3/c1-24-19(23)21(14-15-7-3-2-4-8-15)18(22)16-10-12-20-11-6-5-9-17(20)13-16/h2-4,7-8,13,17H,5-6,9-12,14H2,1H3. The average molecular weight is 328 g/mol. The second-order valence-electron chi connectivity index (χ2n) is 6.39. The molecule has 0 bridgehead atoms. The Hall–Kier alpha value is -2.14. The molecule has 0 saturated carbocycles. The SMILES string of the molecule is COC(=O)N(Cc1ccccc1)C(=O)C1=CC2CCCCN2CC1. The van der Waals surface area contributed by atoms with Crippen molar-refractivity contribution in [2.24, 2.45) is 0 Å². The first-order valence-corrected chi connectivity index (χ1v) is 8.57. The number of imide groups is 1. The van der Waals surface area contributed by atoms with Crippen molar-refractivity contribution in [3.63, 3.8) is 0 Å². The second-order valence-corrected chi connectivity index (χ2v) is 6.39. The molecule has 0 aromatic heterocycles. The number of rotatable bonds is 3. The number of hydrogen-bond acceptors (Lipinski definition) is 4. The molecule has 1 saturated heterocycles. The maximum atomic E-state index is 12.9. The minimum absolute atomic E-state index is 0.226. The van der Waals surface area contributed by atoms with Gasteiger partial charge in [-0.25, -0.2) is 9.69 Å². The van der Waals surface area contributed by atoms with Gasteiger partial charge in [0, 0.05) is 18.2 Å². The van der Waals surface area contributed by atoms with E-state index in [1.165, 1.54) is 24.9 Å². The average Bonchev–Trinajstić information content (AvgIpc) is 2.65. The van der Waals surface area contributed by atoms with E-state index in [4.69, 9.17) is 4.74 Å². The van der Waals surface area contributed by atoms with E-state index in [-0.39, 0.29) is 12.5 Å². The van der Waals surface area contributed by atoms with Gasteiger partial charge in [-0.1, -0.05) is 42.8 Å². The van der Waals surface area contributed by atoms with Gasteiger partial charge < -0.3 is 4.74 Å². The zero-order valence-electron chi connectivity index (χ0n) is 14.1. The summed E-state index contributed by atoms with van der Waals surface area (Å²) in [7, 11) is 1.31. The number of carbonyl (C=O) groups excluding carboxylic acids is 2. The third-order valence-electron chi connectivity index (χ3n) is 4.82. The summed E-state index contributed by atoms with van der Waals surface area (Å²) in [5.41, 5.74) is 1.64. The lowest BCUT2D eigenvalue weighted by Crippen LogP contribution is -2.44. The van der Waals surface area contributed by atoms with Gasteiger partial charge in [0.1, 0.15) is 0 Å². The molecule has 0 radical (unpaired) electrons. The Morgan fingerprint density at radius 3 is 2.75 bits per heavy atom. The number of amides is 2. The molecule has 0 N–H and O–H groups in total. The minimum atomic E-state index is -0.601. The zero-order chi connectivity index (χ0) is 16.9. The molecule has 1 aromatic rings. The third-order valence-corrected chi connectivity index (χ3v) is 4.82. The van der Waals surface area contributed by atoms with Crippen molar-refractivity contribution in [2.45, 2.75) is 38.3 Å². The lowest BCUT2D eigenvalue weighted by Gasteiger charge is -2.38. The highest BCUT2D eigenvalue weighted by Crippen LogP contribution is 2.26. The van der Waals surface area contributed by atoms with Gasteiger partial charge in [0.05, 0.1) is 13.7 Å². The minimum Gasteiger partial charge on any atom is -0.452 e. The van der Waals surface area contributed by atoms with Crippen molar-refractivity contribution in [3.8, 4) is 0 Å². The van der Waals surface area contributed by atoms with Crippen molar-refractivity contribution < 1.29 is 14.3 Å². The van der Waals surface area contributed by atoms with Gasteiger partial charge in [-0.05, 0) is 31.4 Å². The fraction of sp³-hybridized carbons (Fsp3) is 0.474. The lowest BCUT2D eigenvalue weighted by atomic mass is 9.94. The third kappa shape index (κ3) is 3.67. The van der Waals surface area contributed by atoms with E-state index in [9.17, 15) is 9.59 Å². The van der Waals surface area contributed by atoms with Crippen molar-refractivity contribution in [1.29, 1.82) is 0 Å². The molecule has 1 aromatic carbocycles. The van der Waals surface area contributed by atoms with E-state index >= 15 is 0 Å². The van der Waals surface area contributed by atoms with Crippen LogP contribution in [-0.2, 0) is 16.1 Å². The monoisotopic (exact) mass is 328 g/mol. The zero-order valence-corrected chi connectivity index (χ0v) is 14.1. The largest absolute Gasteiger partial charge is 0.452 e. The summed E-state index contributed by atoms with van der Waals surface area (Å²) >= 11 is 0. The van der Waals surface area contributed by atoms with E-state index in [1.54, 1.807) is 0 Å². The van der Waals surface area contributed by atoms with Crippen LogP contribution in [0.15, 0.2) is 42.0 Å². The molecule has 5 nitrogen and oxygen atoms in total. The van der Waals surface area contributed by atoms with Crippen LogP contribution >= 0.6 is 0 Å². The van der Waals surface area contributed by atoms with Crippen LogP contribution in [0.3, 0.4) is 0 Å². The Morgan fingerprint density at radius 2 is 2.00 bits per heavy atom. The highest BCUT2D eigenvalue weighted by molar-refractivity contribution is 6.02. The fourth-order valence-corrected chi connectivity index (χ4v) is 3.51. The molecule has 2 heterocycles. The van der Waals surface area contributed by atoms with Gasteiger partial charge in [-0.3, -0.25) is 9.69 Å². The molecule has 2 aliphatic heterocycles. The number of nitrogens with zero attached hydrogens (tertiary/aromatic N) is 2. The van der Waals surface area contributed by atoms with Crippen LogP contribution in [0.2, 0.25) is 0 Å². The topological polar surface area (TPSA) is 49.9 Å². The van der Waals surface area contributed by atoms with Crippen molar-refractivity contribution in [1.82, 2.24) is 9.80 Å². The Kier molecular flexibility index (Phi) is 5.30. The Balaban J connectivity index is 1.78. The number of ether oxygens (including phenoxy) is 1. The number of piperidine rings is 1. The number of fused-ring (bicyclic) bond motifs is 1. The van der Waals surface area contributed by atoms with Crippen LogP contribution in [0.25, 0.3) is 0 Å². The molecule has 2 amide bonds. The lowest BCUT2D eigenvalue weighted by molar-refractivity contribution is -0.126. The molecule has 1 unspecified atom stereocenters. The molecule has 1 atom stereocenters. The van der Waals surface area contributed by atoms with Crippen molar-refractivity contribution in [3.05, 3.63) is 47.5 Å². The number of methoxy groups -OCH3 is 1. The van der Waals surface area contributed by atoms with Crippen molar-refractivity contribution >= 4 is 12.0 Å². The Labute approximate surface area is 142 Å². The first-order valence-electron chi connectivity index (χ1n) is 8.57. The summed E-state index contributed by atoms with van der Waals surface area (Å²) in [5.74, 6) is -0.226. The second kappa shape index (κ2) is 7.62. The molecular weight excluding hydrogens is 304 g/mol. The Bertz CT molecular complexity index is 627. The smallest absolute Gasteiger partial charge is 0.416 e. The fourth-order valence-electron chi connectivity index (χ4n) is 3.51. The first kappa shape index (κ1) is 16.7. The summed E-state index contributed by atoms with van der Waals surface area (Å²) in [6.45, 7) is 2.23. The van der Waals surface area contributed by atoms with Crippen LogP contribution in [0.5, 0.6) is 0 Å². The van der Waals surface area contributed by atoms with Crippen LogP contribution in [0.4, 0.5) is 4.79 Å². The van der Waals surface area contributed by atoms with Gasteiger partial charge >= 0.3 is 6.09 Å². The van der Waals surface area contributed by atoms with E-state index in [0.717, 1.165) is 30.6 Å². The van der Waals surface area contributed by atoms with E-state index in [0.29, 0.717) is 12.5 Å². The quantitative estimate of drug-likeness (QED) is 0.856.